The standard InChI is InChI=1S/C24H46O4/c1-3-5-7-8-9-10-11-12-13-14-15-16-17-19-21-24(28,23(26)27)22(25)20-18-6-4-2/h28H,3-21H2,1-2H3,(H,26,27). The van der Waals surface area contributed by atoms with Gasteiger partial charge in [-0.05, 0) is 19.3 Å². The summed E-state index contributed by atoms with van der Waals surface area (Å²) in [5, 5.41) is 19.6. The fraction of sp³-hybridized carbons (Fsp3) is 0.917. The molecular weight excluding hydrogens is 352 g/mol. The van der Waals surface area contributed by atoms with Crippen LogP contribution in [0.15, 0.2) is 0 Å². The first-order chi connectivity index (χ1) is 13.5. The van der Waals surface area contributed by atoms with Crippen LogP contribution in [0, 0.1) is 0 Å². The SMILES string of the molecule is CCCCCCCCCCCCCCCCC(O)(C(=O)O)C(=O)CCCCC. The summed E-state index contributed by atoms with van der Waals surface area (Å²) >= 11 is 0. The molecule has 0 aliphatic rings. The van der Waals surface area contributed by atoms with E-state index in [0.717, 1.165) is 32.1 Å². The molecule has 0 aromatic rings. The summed E-state index contributed by atoms with van der Waals surface area (Å²) < 4.78 is 0. The summed E-state index contributed by atoms with van der Waals surface area (Å²) in [6.45, 7) is 4.28. The Morgan fingerprint density at radius 1 is 0.607 bits per heavy atom. The summed E-state index contributed by atoms with van der Waals surface area (Å²) in [7, 11) is 0. The molecule has 0 heterocycles. The molecule has 0 spiro atoms. The summed E-state index contributed by atoms with van der Waals surface area (Å²) in [4.78, 5) is 23.5. The molecule has 28 heavy (non-hydrogen) atoms. The second-order valence-corrected chi connectivity index (χ2v) is 8.39. The lowest BCUT2D eigenvalue weighted by Crippen LogP contribution is -2.46. The van der Waals surface area contributed by atoms with Crippen LogP contribution in [-0.4, -0.2) is 27.6 Å². The van der Waals surface area contributed by atoms with Gasteiger partial charge in [0.05, 0.1) is 0 Å². The van der Waals surface area contributed by atoms with Gasteiger partial charge in [-0.15, -0.1) is 0 Å². The number of carbonyl (C=O) groups excluding carboxylic acids is 1. The number of aliphatic carboxylic acids is 1. The molecule has 2 N–H and O–H groups in total. The predicted molar refractivity (Wildman–Crippen MR) is 117 cm³/mol. The number of carboxylic acid groups (broad SMARTS) is 1. The van der Waals surface area contributed by atoms with E-state index >= 15 is 0 Å². The minimum absolute atomic E-state index is 0.0469. The van der Waals surface area contributed by atoms with Crippen molar-refractivity contribution in [1.29, 1.82) is 0 Å². The molecular formula is C24H46O4. The maximum Gasteiger partial charge on any atom is 0.343 e. The fourth-order valence-corrected chi connectivity index (χ4v) is 3.68. The van der Waals surface area contributed by atoms with Crippen LogP contribution in [0.3, 0.4) is 0 Å². The highest BCUT2D eigenvalue weighted by Gasteiger charge is 2.42. The highest BCUT2D eigenvalue weighted by atomic mass is 16.4. The average Bonchev–Trinajstić information content (AvgIpc) is 2.67. The smallest absolute Gasteiger partial charge is 0.343 e. The molecule has 0 aromatic heterocycles. The van der Waals surface area contributed by atoms with E-state index in [9.17, 15) is 19.8 Å². The van der Waals surface area contributed by atoms with Gasteiger partial charge in [0.1, 0.15) is 0 Å². The predicted octanol–water partition coefficient (Wildman–Crippen LogP) is 6.82. The van der Waals surface area contributed by atoms with Crippen LogP contribution < -0.4 is 0 Å². The van der Waals surface area contributed by atoms with E-state index in [4.69, 9.17) is 0 Å². The zero-order valence-corrected chi connectivity index (χ0v) is 18.6. The number of hydrogen-bond acceptors (Lipinski definition) is 3. The highest BCUT2D eigenvalue weighted by Crippen LogP contribution is 2.21. The Balaban J connectivity index is 3.68. The summed E-state index contributed by atoms with van der Waals surface area (Å²) in [6, 6.07) is 0. The molecule has 0 amide bonds. The van der Waals surface area contributed by atoms with Crippen molar-refractivity contribution in [3.05, 3.63) is 0 Å². The normalized spacial score (nSPS) is 13.4. The molecule has 166 valence electrons. The van der Waals surface area contributed by atoms with Gasteiger partial charge < -0.3 is 10.2 Å². The van der Waals surface area contributed by atoms with E-state index in [2.05, 4.69) is 6.92 Å². The lowest BCUT2D eigenvalue weighted by atomic mass is 9.88. The van der Waals surface area contributed by atoms with Gasteiger partial charge in [-0.3, -0.25) is 4.79 Å². The Morgan fingerprint density at radius 3 is 1.36 bits per heavy atom. The Labute approximate surface area is 173 Å². The number of carbonyl (C=O) groups is 2. The second-order valence-electron chi connectivity index (χ2n) is 8.39. The maximum atomic E-state index is 12.1. The number of ketones is 1. The molecule has 0 aliphatic carbocycles. The second kappa shape index (κ2) is 18.1. The van der Waals surface area contributed by atoms with E-state index in [1.807, 2.05) is 6.92 Å². The topological polar surface area (TPSA) is 74.6 Å². The molecule has 0 fully saturated rings. The molecule has 0 aliphatic heterocycles. The van der Waals surface area contributed by atoms with Gasteiger partial charge in [-0.1, -0.05) is 110 Å². The molecule has 0 rings (SSSR count). The van der Waals surface area contributed by atoms with Crippen LogP contribution in [0.4, 0.5) is 0 Å². The van der Waals surface area contributed by atoms with E-state index in [1.54, 1.807) is 0 Å². The minimum atomic E-state index is -2.18. The van der Waals surface area contributed by atoms with Gasteiger partial charge >= 0.3 is 5.97 Å². The molecule has 0 bridgehead atoms. The third-order valence-corrected chi connectivity index (χ3v) is 5.71. The fourth-order valence-electron chi connectivity index (χ4n) is 3.68. The van der Waals surface area contributed by atoms with E-state index < -0.39 is 17.4 Å². The van der Waals surface area contributed by atoms with Crippen LogP contribution in [-0.2, 0) is 9.59 Å². The summed E-state index contributed by atoms with van der Waals surface area (Å²) in [5.41, 5.74) is -2.18. The van der Waals surface area contributed by atoms with E-state index in [0.29, 0.717) is 12.8 Å². The molecule has 4 nitrogen and oxygen atoms in total. The lowest BCUT2D eigenvalue weighted by Gasteiger charge is -2.22. The monoisotopic (exact) mass is 398 g/mol. The van der Waals surface area contributed by atoms with Crippen molar-refractivity contribution in [1.82, 2.24) is 0 Å². The average molecular weight is 399 g/mol. The third-order valence-electron chi connectivity index (χ3n) is 5.71. The number of rotatable bonds is 21. The van der Waals surface area contributed by atoms with Crippen molar-refractivity contribution in [2.24, 2.45) is 0 Å². The molecule has 4 heteroatoms. The number of Topliss-reactive ketones (excluding diaryl/α,β-unsaturated/α-hetero) is 1. The quantitative estimate of drug-likeness (QED) is 0.164. The Morgan fingerprint density at radius 2 is 0.964 bits per heavy atom. The summed E-state index contributed by atoms with van der Waals surface area (Å²) in [5.74, 6) is -1.91. The van der Waals surface area contributed by atoms with Gasteiger partial charge in [0.25, 0.3) is 0 Å². The van der Waals surface area contributed by atoms with Crippen molar-refractivity contribution in [2.75, 3.05) is 0 Å². The van der Waals surface area contributed by atoms with Crippen LogP contribution >= 0.6 is 0 Å². The van der Waals surface area contributed by atoms with Crippen molar-refractivity contribution in [3.8, 4) is 0 Å². The molecule has 0 aromatic carbocycles. The highest BCUT2D eigenvalue weighted by molar-refractivity contribution is 6.06. The first-order valence-corrected chi connectivity index (χ1v) is 12.0. The van der Waals surface area contributed by atoms with Crippen LogP contribution in [0.25, 0.3) is 0 Å². The van der Waals surface area contributed by atoms with Crippen LogP contribution in [0.5, 0.6) is 0 Å². The van der Waals surface area contributed by atoms with Gasteiger partial charge in [0.2, 0.25) is 5.60 Å². The zero-order chi connectivity index (χ0) is 21.1. The first-order valence-electron chi connectivity index (χ1n) is 12.0. The number of hydrogen-bond donors (Lipinski definition) is 2. The molecule has 0 saturated heterocycles. The van der Waals surface area contributed by atoms with Crippen LogP contribution in [0.1, 0.15) is 136 Å². The van der Waals surface area contributed by atoms with Gasteiger partial charge in [0.15, 0.2) is 5.78 Å². The Hall–Kier alpha value is -0.900. The Kier molecular flexibility index (Phi) is 17.6. The largest absolute Gasteiger partial charge is 0.479 e. The van der Waals surface area contributed by atoms with E-state index in [-0.39, 0.29) is 12.8 Å². The van der Waals surface area contributed by atoms with Crippen LogP contribution in [0.2, 0.25) is 0 Å². The third kappa shape index (κ3) is 13.3. The van der Waals surface area contributed by atoms with Crippen molar-refractivity contribution < 1.29 is 19.8 Å². The minimum Gasteiger partial charge on any atom is -0.479 e. The first kappa shape index (κ1) is 27.1. The molecule has 1 unspecified atom stereocenters. The van der Waals surface area contributed by atoms with Gasteiger partial charge in [0, 0.05) is 6.42 Å². The lowest BCUT2D eigenvalue weighted by molar-refractivity contribution is -0.166. The molecule has 0 saturated carbocycles. The van der Waals surface area contributed by atoms with Gasteiger partial charge in [-0.25, -0.2) is 4.79 Å². The van der Waals surface area contributed by atoms with Gasteiger partial charge in [-0.2, -0.15) is 0 Å². The maximum absolute atomic E-state index is 12.1. The van der Waals surface area contributed by atoms with E-state index in [1.165, 1.54) is 64.2 Å². The molecule has 1 atom stereocenters. The van der Waals surface area contributed by atoms with Crippen molar-refractivity contribution in [2.45, 2.75) is 141 Å². The Bertz CT molecular complexity index is 394. The number of unbranched alkanes of at least 4 members (excludes halogenated alkanes) is 15. The summed E-state index contributed by atoms with van der Waals surface area (Å²) in [6.07, 6.45) is 19.8. The zero-order valence-electron chi connectivity index (χ0n) is 18.6. The van der Waals surface area contributed by atoms with Crippen molar-refractivity contribution in [3.63, 3.8) is 0 Å². The molecule has 0 radical (unpaired) electrons. The van der Waals surface area contributed by atoms with Crippen molar-refractivity contribution >= 4 is 11.8 Å². The number of aliphatic hydroxyl groups is 1. The number of carboxylic acids is 1.